The Morgan fingerprint density at radius 2 is 2.19 bits per heavy atom. The number of aromatic nitrogens is 3. The number of aliphatic hydroxyl groups excluding tert-OH is 1. The first-order valence-corrected chi connectivity index (χ1v) is 7.53. The molecule has 1 unspecified atom stereocenters. The Kier molecular flexibility index (Phi) is 5.29. The van der Waals surface area contributed by atoms with E-state index in [4.69, 9.17) is 10.5 Å². The molecule has 0 radical (unpaired) electrons. The maximum Gasteiger partial charge on any atom is 0.343 e. The second-order valence-corrected chi connectivity index (χ2v) is 5.39. The van der Waals surface area contributed by atoms with Gasteiger partial charge in [-0.1, -0.05) is 11.8 Å². The van der Waals surface area contributed by atoms with E-state index in [-0.39, 0.29) is 12.3 Å². The lowest BCUT2D eigenvalue weighted by molar-refractivity contribution is 0.126. The Hall–Kier alpha value is -1.93. The second kappa shape index (κ2) is 7.19. The molecular formula is C13H18N4O3S. The Balaban J connectivity index is 1.80. The van der Waals surface area contributed by atoms with E-state index in [1.54, 1.807) is 24.3 Å². The Morgan fingerprint density at radius 1 is 1.48 bits per heavy atom. The summed E-state index contributed by atoms with van der Waals surface area (Å²) in [5, 5.41) is 16.8. The van der Waals surface area contributed by atoms with Crippen molar-refractivity contribution in [1.29, 1.82) is 0 Å². The van der Waals surface area contributed by atoms with Gasteiger partial charge in [-0.05, 0) is 31.2 Å². The molecule has 114 valence electrons. The molecule has 1 aromatic heterocycles. The Bertz CT molecular complexity index is 623. The molecule has 0 saturated heterocycles. The molecule has 0 bridgehead atoms. The van der Waals surface area contributed by atoms with Gasteiger partial charge in [0.05, 0.1) is 6.10 Å². The van der Waals surface area contributed by atoms with Crippen LogP contribution >= 0.6 is 11.8 Å². The standard InChI is InChI=1S/C13H18N4O3S/c1-2-17-12(19)15-16-13(17)21-8-10(18)7-20-11-5-3-9(14)4-6-11/h3-6,10,18H,2,7-8,14H2,1H3,(H,15,19). The molecule has 0 amide bonds. The third-order valence-electron chi connectivity index (χ3n) is 2.77. The number of nitrogens with zero attached hydrogens (tertiary/aromatic N) is 2. The van der Waals surface area contributed by atoms with Gasteiger partial charge in [-0.15, -0.1) is 5.10 Å². The summed E-state index contributed by atoms with van der Waals surface area (Å²) >= 11 is 1.31. The molecule has 0 spiro atoms. The Morgan fingerprint density at radius 3 is 2.86 bits per heavy atom. The molecule has 0 aliphatic rings. The normalized spacial score (nSPS) is 12.3. The second-order valence-electron chi connectivity index (χ2n) is 4.40. The Labute approximate surface area is 126 Å². The van der Waals surface area contributed by atoms with E-state index in [1.165, 1.54) is 16.3 Å². The zero-order valence-electron chi connectivity index (χ0n) is 11.7. The predicted octanol–water partition coefficient (Wildman–Crippen LogP) is 0.706. The highest BCUT2D eigenvalue weighted by atomic mass is 32.2. The van der Waals surface area contributed by atoms with Crippen molar-refractivity contribution < 1.29 is 9.84 Å². The molecule has 0 saturated carbocycles. The first kappa shape index (κ1) is 15.5. The number of nitrogens with two attached hydrogens (primary N) is 1. The molecule has 0 fully saturated rings. The minimum atomic E-state index is -0.662. The number of hydrogen-bond donors (Lipinski definition) is 3. The zero-order chi connectivity index (χ0) is 15.2. The van der Waals surface area contributed by atoms with Crippen LogP contribution in [0.3, 0.4) is 0 Å². The van der Waals surface area contributed by atoms with E-state index < -0.39 is 6.10 Å². The molecule has 1 heterocycles. The van der Waals surface area contributed by atoms with Crippen LogP contribution in [0.25, 0.3) is 0 Å². The van der Waals surface area contributed by atoms with E-state index in [9.17, 15) is 9.90 Å². The molecule has 8 heteroatoms. The van der Waals surface area contributed by atoms with Crippen LogP contribution in [0.2, 0.25) is 0 Å². The van der Waals surface area contributed by atoms with Crippen molar-refractivity contribution in [2.75, 3.05) is 18.1 Å². The lowest BCUT2D eigenvalue weighted by atomic mass is 10.3. The van der Waals surface area contributed by atoms with Gasteiger partial charge in [0, 0.05) is 18.0 Å². The monoisotopic (exact) mass is 310 g/mol. The first-order valence-electron chi connectivity index (χ1n) is 6.54. The number of thioether (sulfide) groups is 1. The largest absolute Gasteiger partial charge is 0.491 e. The molecule has 1 atom stereocenters. The number of H-pyrrole nitrogens is 1. The van der Waals surface area contributed by atoms with Crippen LogP contribution in [0.15, 0.2) is 34.2 Å². The summed E-state index contributed by atoms with van der Waals surface area (Å²) in [6, 6.07) is 6.97. The summed E-state index contributed by atoms with van der Waals surface area (Å²) in [5.41, 5.74) is 6.00. The van der Waals surface area contributed by atoms with E-state index >= 15 is 0 Å². The third kappa shape index (κ3) is 4.27. The van der Waals surface area contributed by atoms with E-state index in [0.717, 1.165) is 0 Å². The van der Waals surface area contributed by atoms with Gasteiger partial charge >= 0.3 is 5.69 Å². The molecular weight excluding hydrogens is 292 g/mol. The van der Waals surface area contributed by atoms with Gasteiger partial charge in [0.1, 0.15) is 12.4 Å². The topological polar surface area (TPSA) is 106 Å². The van der Waals surface area contributed by atoms with Crippen LogP contribution < -0.4 is 16.2 Å². The van der Waals surface area contributed by atoms with Crippen LogP contribution in [-0.4, -0.2) is 38.3 Å². The number of aromatic amines is 1. The summed E-state index contributed by atoms with van der Waals surface area (Å²) in [6.45, 7) is 2.56. The van der Waals surface area contributed by atoms with Crippen molar-refractivity contribution in [2.24, 2.45) is 0 Å². The maximum atomic E-state index is 11.4. The van der Waals surface area contributed by atoms with Crippen molar-refractivity contribution in [3.05, 3.63) is 34.7 Å². The zero-order valence-corrected chi connectivity index (χ0v) is 12.5. The highest BCUT2D eigenvalue weighted by Gasteiger charge is 2.11. The SMILES string of the molecule is CCn1c(SCC(O)COc2ccc(N)cc2)n[nH]c1=O. The number of aliphatic hydroxyl groups is 1. The quantitative estimate of drug-likeness (QED) is 0.513. The summed E-state index contributed by atoms with van der Waals surface area (Å²) in [7, 11) is 0. The highest BCUT2D eigenvalue weighted by Crippen LogP contribution is 2.16. The van der Waals surface area contributed by atoms with Gasteiger partial charge in [0.15, 0.2) is 5.16 Å². The molecule has 4 N–H and O–H groups in total. The average Bonchev–Trinajstić information content (AvgIpc) is 2.84. The summed E-state index contributed by atoms with van der Waals surface area (Å²) in [5.74, 6) is 1.04. The van der Waals surface area contributed by atoms with Crippen LogP contribution in [0.5, 0.6) is 5.75 Å². The van der Waals surface area contributed by atoms with E-state index in [0.29, 0.717) is 28.9 Å². The van der Waals surface area contributed by atoms with Crippen LogP contribution in [0, 0.1) is 0 Å². The van der Waals surface area contributed by atoms with Gasteiger partial charge in [0.2, 0.25) is 0 Å². The molecule has 2 rings (SSSR count). The van der Waals surface area contributed by atoms with E-state index in [1.807, 2.05) is 6.92 Å². The van der Waals surface area contributed by atoms with E-state index in [2.05, 4.69) is 10.2 Å². The number of ether oxygens (including phenoxy) is 1. The summed E-state index contributed by atoms with van der Waals surface area (Å²) in [6.07, 6.45) is -0.662. The number of anilines is 1. The molecule has 1 aromatic carbocycles. The minimum Gasteiger partial charge on any atom is -0.491 e. The van der Waals surface area contributed by atoms with Crippen LogP contribution in [0.4, 0.5) is 5.69 Å². The predicted molar refractivity (Wildman–Crippen MR) is 81.6 cm³/mol. The summed E-state index contributed by atoms with van der Waals surface area (Å²) in [4.78, 5) is 11.4. The number of nitrogen functional groups attached to an aromatic ring is 1. The minimum absolute atomic E-state index is 0.164. The van der Waals surface area contributed by atoms with Crippen LogP contribution in [0.1, 0.15) is 6.92 Å². The molecule has 7 nitrogen and oxygen atoms in total. The van der Waals surface area contributed by atoms with Gasteiger partial charge in [-0.2, -0.15) is 0 Å². The van der Waals surface area contributed by atoms with Crippen molar-refractivity contribution in [1.82, 2.24) is 14.8 Å². The van der Waals surface area contributed by atoms with Crippen LogP contribution in [-0.2, 0) is 6.54 Å². The molecule has 0 aliphatic heterocycles. The number of benzene rings is 1. The first-order chi connectivity index (χ1) is 10.1. The fourth-order valence-corrected chi connectivity index (χ4v) is 2.58. The number of hydrogen-bond acceptors (Lipinski definition) is 6. The molecule has 21 heavy (non-hydrogen) atoms. The summed E-state index contributed by atoms with van der Waals surface area (Å²) < 4.78 is 6.97. The fraction of sp³-hybridized carbons (Fsp3) is 0.385. The van der Waals surface area contributed by atoms with Gasteiger partial charge < -0.3 is 15.6 Å². The van der Waals surface area contributed by atoms with Gasteiger partial charge in [-0.3, -0.25) is 4.57 Å². The number of rotatable bonds is 7. The lowest BCUT2D eigenvalue weighted by Crippen LogP contribution is -2.21. The van der Waals surface area contributed by atoms with Gasteiger partial charge in [0.25, 0.3) is 0 Å². The smallest absolute Gasteiger partial charge is 0.343 e. The highest BCUT2D eigenvalue weighted by molar-refractivity contribution is 7.99. The van der Waals surface area contributed by atoms with Crippen molar-refractivity contribution in [3.63, 3.8) is 0 Å². The third-order valence-corrected chi connectivity index (χ3v) is 3.89. The maximum absolute atomic E-state index is 11.4. The molecule has 2 aromatic rings. The van der Waals surface area contributed by atoms with Gasteiger partial charge in [-0.25, -0.2) is 9.89 Å². The average molecular weight is 310 g/mol. The number of nitrogens with one attached hydrogen (secondary N) is 1. The van der Waals surface area contributed by atoms with Crippen molar-refractivity contribution in [2.45, 2.75) is 24.7 Å². The van der Waals surface area contributed by atoms with Crippen molar-refractivity contribution in [3.8, 4) is 5.75 Å². The fourth-order valence-electron chi connectivity index (χ4n) is 1.67. The molecule has 0 aliphatic carbocycles. The lowest BCUT2D eigenvalue weighted by Gasteiger charge is -2.12. The van der Waals surface area contributed by atoms with Crippen molar-refractivity contribution >= 4 is 17.4 Å².